The van der Waals surface area contributed by atoms with E-state index in [0.29, 0.717) is 6.54 Å². The van der Waals surface area contributed by atoms with E-state index in [4.69, 9.17) is 16.0 Å². The molecule has 0 spiro atoms. The van der Waals surface area contributed by atoms with Gasteiger partial charge in [-0.1, -0.05) is 17.7 Å². The van der Waals surface area contributed by atoms with Gasteiger partial charge in [0.1, 0.15) is 11.6 Å². The van der Waals surface area contributed by atoms with Gasteiger partial charge in [0, 0.05) is 41.7 Å². The Morgan fingerprint density at radius 1 is 1.32 bits per heavy atom. The number of hydrogen-bond donors (Lipinski definition) is 1. The van der Waals surface area contributed by atoms with E-state index in [1.807, 2.05) is 23.9 Å². The highest BCUT2D eigenvalue weighted by molar-refractivity contribution is 7.99. The first-order valence-electron chi connectivity index (χ1n) is 8.20. The number of rotatable bonds is 6. The minimum Gasteiger partial charge on any atom is -0.468 e. The van der Waals surface area contributed by atoms with Crippen molar-refractivity contribution in [2.45, 2.75) is 12.5 Å². The molecule has 7 heteroatoms. The summed E-state index contributed by atoms with van der Waals surface area (Å²) in [5.41, 5.74) is 0.227. The molecule has 3 rings (SSSR count). The van der Waals surface area contributed by atoms with Crippen LogP contribution >= 0.6 is 23.4 Å². The van der Waals surface area contributed by atoms with Crippen LogP contribution in [0.15, 0.2) is 41.0 Å². The summed E-state index contributed by atoms with van der Waals surface area (Å²) in [6, 6.07) is 8.18. The number of nitrogens with zero attached hydrogens (tertiary/aromatic N) is 1. The van der Waals surface area contributed by atoms with Crippen molar-refractivity contribution in [3.05, 3.63) is 58.8 Å². The maximum atomic E-state index is 13.8. The molecule has 1 N–H and O–H groups in total. The Hall–Kier alpha value is -1.50. The Morgan fingerprint density at radius 2 is 2.12 bits per heavy atom. The fourth-order valence-corrected chi connectivity index (χ4v) is 4.08. The van der Waals surface area contributed by atoms with E-state index in [-0.39, 0.29) is 29.0 Å². The first kappa shape index (κ1) is 18.3. The second-order valence-electron chi connectivity index (χ2n) is 5.86. The van der Waals surface area contributed by atoms with Crippen molar-refractivity contribution in [3.8, 4) is 0 Å². The number of thioether (sulfide) groups is 1. The van der Waals surface area contributed by atoms with Crippen molar-refractivity contribution in [1.82, 2.24) is 10.2 Å². The minimum absolute atomic E-state index is 0.0176. The van der Waals surface area contributed by atoms with Gasteiger partial charge in [-0.15, -0.1) is 0 Å². The molecule has 0 saturated carbocycles. The molecule has 4 nitrogen and oxygen atoms in total. The maximum absolute atomic E-state index is 13.8. The highest BCUT2D eigenvalue weighted by Crippen LogP contribution is 2.24. The first-order chi connectivity index (χ1) is 12.1. The smallest absolute Gasteiger partial charge is 0.224 e. The van der Waals surface area contributed by atoms with Crippen LogP contribution < -0.4 is 5.32 Å². The number of benzene rings is 1. The molecule has 1 fully saturated rings. The molecule has 134 valence electrons. The van der Waals surface area contributed by atoms with Crippen LogP contribution in [0.4, 0.5) is 4.39 Å². The van der Waals surface area contributed by atoms with Gasteiger partial charge >= 0.3 is 0 Å². The largest absolute Gasteiger partial charge is 0.468 e. The summed E-state index contributed by atoms with van der Waals surface area (Å²) < 4.78 is 19.4. The number of hydrogen-bond acceptors (Lipinski definition) is 4. The van der Waals surface area contributed by atoms with E-state index in [9.17, 15) is 9.18 Å². The molecule has 2 heterocycles. The van der Waals surface area contributed by atoms with E-state index in [1.54, 1.807) is 12.3 Å². The van der Waals surface area contributed by atoms with Crippen LogP contribution in [0.5, 0.6) is 0 Å². The molecular weight excluding hydrogens is 363 g/mol. The molecule has 1 saturated heterocycles. The summed E-state index contributed by atoms with van der Waals surface area (Å²) >= 11 is 7.92. The molecule has 0 unspecified atom stereocenters. The summed E-state index contributed by atoms with van der Waals surface area (Å²) in [7, 11) is 0. The number of carbonyl (C=O) groups excluding carboxylic acids is 1. The number of amides is 1. The van der Waals surface area contributed by atoms with E-state index < -0.39 is 5.82 Å². The van der Waals surface area contributed by atoms with Gasteiger partial charge in [-0.2, -0.15) is 11.8 Å². The molecule has 0 aliphatic carbocycles. The fraction of sp³-hybridized carbons (Fsp3) is 0.389. The normalized spacial score (nSPS) is 16.6. The van der Waals surface area contributed by atoms with Crippen molar-refractivity contribution >= 4 is 29.3 Å². The predicted molar refractivity (Wildman–Crippen MR) is 98.5 cm³/mol. The maximum Gasteiger partial charge on any atom is 0.224 e. The number of halogens is 2. The third-order valence-electron chi connectivity index (χ3n) is 4.25. The number of carbonyl (C=O) groups is 1. The molecule has 1 amide bonds. The molecule has 0 bridgehead atoms. The van der Waals surface area contributed by atoms with Gasteiger partial charge in [0.05, 0.1) is 18.7 Å². The average molecular weight is 383 g/mol. The van der Waals surface area contributed by atoms with Crippen molar-refractivity contribution in [2.24, 2.45) is 0 Å². The fourth-order valence-electron chi connectivity index (χ4n) is 2.91. The molecule has 1 aromatic heterocycles. The van der Waals surface area contributed by atoms with E-state index in [1.165, 1.54) is 12.1 Å². The predicted octanol–water partition coefficient (Wildman–Crippen LogP) is 3.52. The Balaban J connectivity index is 1.63. The van der Waals surface area contributed by atoms with E-state index in [0.717, 1.165) is 30.4 Å². The molecular formula is C18H20ClFN2O2S. The highest BCUT2D eigenvalue weighted by atomic mass is 35.5. The first-order valence-corrected chi connectivity index (χ1v) is 9.73. The van der Waals surface area contributed by atoms with Crippen molar-refractivity contribution in [1.29, 1.82) is 0 Å². The summed E-state index contributed by atoms with van der Waals surface area (Å²) in [6.45, 7) is 2.32. The van der Waals surface area contributed by atoms with Crippen LogP contribution in [-0.4, -0.2) is 41.9 Å². The molecule has 0 radical (unpaired) electrons. The molecule has 1 aromatic carbocycles. The Kier molecular flexibility index (Phi) is 6.39. The molecule has 1 aliphatic heterocycles. The van der Waals surface area contributed by atoms with Crippen LogP contribution in [-0.2, 0) is 11.2 Å². The van der Waals surface area contributed by atoms with Crippen molar-refractivity contribution in [3.63, 3.8) is 0 Å². The lowest BCUT2D eigenvalue weighted by Crippen LogP contribution is -2.42. The minimum atomic E-state index is -0.460. The summed E-state index contributed by atoms with van der Waals surface area (Å²) in [6.07, 6.45) is 1.56. The van der Waals surface area contributed by atoms with Crippen molar-refractivity contribution in [2.75, 3.05) is 31.1 Å². The van der Waals surface area contributed by atoms with Crippen LogP contribution in [0.2, 0.25) is 5.02 Å². The Bertz CT molecular complexity index is 685. The van der Waals surface area contributed by atoms with Crippen LogP contribution in [0.1, 0.15) is 17.4 Å². The molecule has 25 heavy (non-hydrogen) atoms. The van der Waals surface area contributed by atoms with Crippen molar-refractivity contribution < 1.29 is 13.6 Å². The second-order valence-corrected chi connectivity index (χ2v) is 7.49. The third kappa shape index (κ3) is 4.77. The SMILES string of the molecule is O=C(Cc1c(F)cccc1Cl)NC[C@H](c1ccco1)N1CCSCC1. The number of nitrogens with one attached hydrogen (secondary N) is 1. The summed E-state index contributed by atoms with van der Waals surface area (Å²) in [4.78, 5) is 14.6. The lowest BCUT2D eigenvalue weighted by molar-refractivity contribution is -0.120. The molecule has 1 aliphatic rings. The van der Waals surface area contributed by atoms with Gasteiger partial charge in [0.25, 0.3) is 0 Å². The zero-order valence-corrected chi connectivity index (χ0v) is 15.3. The standard InChI is InChI=1S/C18H20ClFN2O2S/c19-14-3-1-4-15(20)13(14)11-18(23)21-12-16(17-5-2-8-24-17)22-6-9-25-10-7-22/h1-5,8,16H,6-7,9-12H2,(H,21,23)/t16-/m1/s1. The van der Waals surface area contributed by atoms with Gasteiger partial charge in [-0.25, -0.2) is 4.39 Å². The number of furan rings is 1. The van der Waals surface area contributed by atoms with Gasteiger partial charge in [0.2, 0.25) is 5.91 Å². The molecule has 1 atom stereocenters. The van der Waals surface area contributed by atoms with E-state index in [2.05, 4.69) is 10.2 Å². The zero-order valence-electron chi connectivity index (χ0n) is 13.7. The van der Waals surface area contributed by atoms with Gasteiger partial charge in [0.15, 0.2) is 0 Å². The third-order valence-corrected chi connectivity index (χ3v) is 5.55. The molecule has 2 aromatic rings. The lowest BCUT2D eigenvalue weighted by Gasteiger charge is -2.33. The van der Waals surface area contributed by atoms with Crippen LogP contribution in [0.3, 0.4) is 0 Å². The lowest BCUT2D eigenvalue weighted by atomic mass is 10.1. The summed E-state index contributed by atoms with van der Waals surface area (Å²) in [5.74, 6) is 2.25. The second kappa shape index (κ2) is 8.74. The average Bonchev–Trinajstić information content (AvgIpc) is 3.14. The van der Waals surface area contributed by atoms with Gasteiger partial charge < -0.3 is 9.73 Å². The van der Waals surface area contributed by atoms with Crippen LogP contribution in [0.25, 0.3) is 0 Å². The van der Waals surface area contributed by atoms with Gasteiger partial charge in [-0.05, 0) is 24.3 Å². The Labute approximate surface area is 155 Å². The monoisotopic (exact) mass is 382 g/mol. The quantitative estimate of drug-likeness (QED) is 0.830. The topological polar surface area (TPSA) is 45.5 Å². The van der Waals surface area contributed by atoms with Gasteiger partial charge in [-0.3, -0.25) is 9.69 Å². The summed E-state index contributed by atoms with van der Waals surface area (Å²) in [5, 5.41) is 3.17. The highest BCUT2D eigenvalue weighted by Gasteiger charge is 2.25. The van der Waals surface area contributed by atoms with E-state index >= 15 is 0 Å². The Morgan fingerprint density at radius 3 is 2.80 bits per heavy atom. The zero-order chi connectivity index (χ0) is 17.6. The van der Waals surface area contributed by atoms with Crippen LogP contribution in [0, 0.1) is 5.82 Å².